The first-order chi connectivity index (χ1) is 13.3. The molecular formula is C16H27O12P. The lowest BCUT2D eigenvalue weighted by Gasteiger charge is -2.15. The Hall–Kier alpha value is -1.95. The van der Waals surface area contributed by atoms with Crippen LogP contribution in [0.3, 0.4) is 0 Å². The van der Waals surface area contributed by atoms with Crippen molar-refractivity contribution >= 4 is 19.8 Å². The van der Waals surface area contributed by atoms with Gasteiger partial charge in [0.05, 0.1) is 24.4 Å². The Morgan fingerprint density at radius 2 is 1.10 bits per heavy atom. The van der Waals surface area contributed by atoms with Crippen LogP contribution in [0.2, 0.25) is 0 Å². The van der Waals surface area contributed by atoms with Crippen LogP contribution in [0.4, 0.5) is 0 Å². The lowest BCUT2D eigenvalue weighted by atomic mass is 10.3. The molecule has 0 aromatic carbocycles. The van der Waals surface area contributed by atoms with Crippen molar-refractivity contribution in [2.75, 3.05) is 26.4 Å². The molecule has 0 radical (unpaired) electrons. The molecule has 0 aliphatic heterocycles. The van der Waals surface area contributed by atoms with E-state index in [1.54, 1.807) is 0 Å². The van der Waals surface area contributed by atoms with Crippen molar-refractivity contribution in [3.8, 4) is 0 Å². The van der Waals surface area contributed by atoms with Crippen LogP contribution in [0, 0.1) is 0 Å². The molecule has 0 saturated heterocycles. The van der Waals surface area contributed by atoms with Crippen LogP contribution in [0.5, 0.6) is 0 Å². The van der Waals surface area contributed by atoms with Crippen LogP contribution in [0.25, 0.3) is 0 Å². The molecule has 5 N–H and O–H groups in total. The Morgan fingerprint density at radius 3 is 1.38 bits per heavy atom. The van der Waals surface area contributed by atoms with E-state index in [0.717, 1.165) is 0 Å². The third kappa shape index (κ3) is 10.4. The SMILES string of the molecule is CC(OCC(O)CO)=C(C)C(=O)OP(=O)(O)OC(=O)C(C)=C(C)OCC(O)CO. The van der Waals surface area contributed by atoms with Gasteiger partial charge in [-0.1, -0.05) is 0 Å². The fraction of sp³-hybridized carbons (Fsp3) is 0.625. The van der Waals surface area contributed by atoms with E-state index in [1.807, 2.05) is 0 Å². The zero-order valence-corrected chi connectivity index (χ0v) is 17.4. The minimum absolute atomic E-state index is 0.0448. The molecule has 0 spiro atoms. The molecule has 0 aliphatic rings. The molecule has 2 atom stereocenters. The minimum Gasteiger partial charge on any atom is -0.495 e. The maximum atomic E-state index is 11.9. The average Bonchev–Trinajstić information content (AvgIpc) is 2.67. The van der Waals surface area contributed by atoms with Crippen molar-refractivity contribution in [1.29, 1.82) is 0 Å². The Morgan fingerprint density at radius 1 is 0.793 bits per heavy atom. The van der Waals surface area contributed by atoms with Crippen LogP contribution in [-0.2, 0) is 32.7 Å². The highest BCUT2D eigenvalue weighted by Crippen LogP contribution is 2.45. The Bertz CT molecular complexity index is 629. The third-order valence-corrected chi connectivity index (χ3v) is 4.26. The van der Waals surface area contributed by atoms with E-state index in [4.69, 9.17) is 19.7 Å². The number of hydrogen-bond donors (Lipinski definition) is 5. The van der Waals surface area contributed by atoms with E-state index in [-0.39, 0.29) is 35.9 Å². The van der Waals surface area contributed by atoms with Gasteiger partial charge in [-0.15, -0.1) is 0 Å². The molecule has 2 unspecified atom stereocenters. The van der Waals surface area contributed by atoms with E-state index in [1.165, 1.54) is 27.7 Å². The molecular weight excluding hydrogens is 415 g/mol. The highest BCUT2D eigenvalue weighted by Gasteiger charge is 2.33. The molecule has 0 amide bonds. The van der Waals surface area contributed by atoms with Gasteiger partial charge < -0.3 is 38.9 Å². The molecule has 12 nitrogen and oxygen atoms in total. The molecule has 0 fully saturated rings. The largest absolute Gasteiger partial charge is 0.589 e. The van der Waals surface area contributed by atoms with Gasteiger partial charge in [0, 0.05) is 0 Å². The molecule has 0 bridgehead atoms. The predicted molar refractivity (Wildman–Crippen MR) is 96.8 cm³/mol. The first-order valence-electron chi connectivity index (χ1n) is 8.33. The summed E-state index contributed by atoms with van der Waals surface area (Å²) in [6.07, 6.45) is -2.37. The molecule has 168 valence electrons. The van der Waals surface area contributed by atoms with E-state index in [0.29, 0.717) is 0 Å². The number of carbonyl (C=O) groups excluding carboxylic acids is 2. The lowest BCUT2D eigenvalue weighted by molar-refractivity contribution is -0.136. The summed E-state index contributed by atoms with van der Waals surface area (Å²) in [5, 5.41) is 35.8. The van der Waals surface area contributed by atoms with Crippen LogP contribution in [0.1, 0.15) is 27.7 Å². The van der Waals surface area contributed by atoms with Gasteiger partial charge in [0.15, 0.2) is 0 Å². The van der Waals surface area contributed by atoms with Crippen molar-refractivity contribution in [1.82, 2.24) is 0 Å². The molecule has 0 aromatic heterocycles. The molecule has 0 aromatic rings. The summed E-state index contributed by atoms with van der Waals surface area (Å²) in [5.41, 5.74) is -0.463. The van der Waals surface area contributed by atoms with Crippen molar-refractivity contribution in [2.24, 2.45) is 0 Å². The Kier molecular flexibility index (Phi) is 11.7. The van der Waals surface area contributed by atoms with Crippen molar-refractivity contribution < 1.29 is 58.0 Å². The summed E-state index contributed by atoms with van der Waals surface area (Å²) < 4.78 is 30.6. The maximum absolute atomic E-state index is 11.9. The molecule has 0 rings (SSSR count). The van der Waals surface area contributed by atoms with Gasteiger partial charge in [0.2, 0.25) is 0 Å². The number of phosphoric ester groups is 1. The van der Waals surface area contributed by atoms with Gasteiger partial charge >= 0.3 is 19.8 Å². The topological polar surface area (TPSA) is 189 Å². The van der Waals surface area contributed by atoms with Gasteiger partial charge in [0.1, 0.15) is 36.9 Å². The van der Waals surface area contributed by atoms with E-state index < -0.39 is 45.2 Å². The van der Waals surface area contributed by atoms with Crippen LogP contribution in [0.15, 0.2) is 22.7 Å². The third-order valence-electron chi connectivity index (χ3n) is 3.47. The Labute approximate surface area is 167 Å². The number of aliphatic hydroxyl groups excluding tert-OH is 4. The number of aliphatic hydroxyl groups is 4. The highest BCUT2D eigenvalue weighted by molar-refractivity contribution is 7.48. The number of allylic oxidation sites excluding steroid dienone is 2. The molecule has 0 saturated carbocycles. The lowest BCUT2D eigenvalue weighted by Crippen LogP contribution is -2.20. The molecule has 0 heterocycles. The second-order valence-electron chi connectivity index (χ2n) is 5.88. The number of rotatable bonds is 12. The first-order valence-corrected chi connectivity index (χ1v) is 9.83. The van der Waals surface area contributed by atoms with Crippen LogP contribution >= 0.6 is 7.82 Å². The minimum atomic E-state index is -5.14. The van der Waals surface area contributed by atoms with Crippen molar-refractivity contribution in [3.63, 3.8) is 0 Å². The maximum Gasteiger partial charge on any atom is 0.589 e. The standard InChI is InChI=1S/C16H27O12P/c1-9(11(3)25-7-13(19)5-17)15(21)27-29(23,24)28-16(22)10(2)12(4)26-8-14(20)6-18/h13-14,17-20H,5-8H2,1-4H3,(H,23,24). The monoisotopic (exact) mass is 442 g/mol. The zero-order valence-electron chi connectivity index (χ0n) is 16.5. The second-order valence-corrected chi connectivity index (χ2v) is 7.19. The summed E-state index contributed by atoms with van der Waals surface area (Å²) in [4.78, 5) is 33.5. The first kappa shape index (κ1) is 27.0. The normalized spacial score (nSPS) is 17.1. The second kappa shape index (κ2) is 12.6. The molecule has 29 heavy (non-hydrogen) atoms. The van der Waals surface area contributed by atoms with Gasteiger partial charge in [-0.25, -0.2) is 14.2 Å². The van der Waals surface area contributed by atoms with E-state index in [9.17, 15) is 29.3 Å². The van der Waals surface area contributed by atoms with Crippen LogP contribution < -0.4 is 0 Å². The van der Waals surface area contributed by atoms with Gasteiger partial charge in [0.25, 0.3) is 0 Å². The fourth-order valence-corrected chi connectivity index (χ4v) is 2.15. The van der Waals surface area contributed by atoms with Crippen molar-refractivity contribution in [2.45, 2.75) is 39.9 Å². The van der Waals surface area contributed by atoms with E-state index in [2.05, 4.69) is 9.05 Å². The number of hydrogen-bond acceptors (Lipinski definition) is 11. The summed E-state index contributed by atoms with van der Waals surface area (Å²) >= 11 is 0. The van der Waals surface area contributed by atoms with Crippen LogP contribution in [-0.4, -0.2) is 75.9 Å². The summed E-state index contributed by atoms with van der Waals surface area (Å²) in [6, 6.07) is 0. The average molecular weight is 442 g/mol. The highest BCUT2D eigenvalue weighted by atomic mass is 31.2. The summed E-state index contributed by atoms with van der Waals surface area (Å²) in [6.45, 7) is 3.29. The number of ether oxygens (including phenoxy) is 2. The quantitative estimate of drug-likeness (QED) is 0.148. The van der Waals surface area contributed by atoms with E-state index >= 15 is 0 Å². The number of carbonyl (C=O) groups is 2. The fourth-order valence-electron chi connectivity index (χ4n) is 1.42. The van der Waals surface area contributed by atoms with Gasteiger partial charge in [-0.05, 0) is 27.7 Å². The molecule has 13 heteroatoms. The summed E-state index contributed by atoms with van der Waals surface area (Å²) in [5.74, 6) is -2.70. The summed E-state index contributed by atoms with van der Waals surface area (Å²) in [7, 11) is -5.14. The zero-order chi connectivity index (χ0) is 22.8. The molecule has 0 aliphatic carbocycles. The predicted octanol–water partition coefficient (Wildman–Crippen LogP) is -0.499. The smallest absolute Gasteiger partial charge is 0.495 e. The number of phosphoric acid groups is 1. The van der Waals surface area contributed by atoms with Crippen molar-refractivity contribution in [3.05, 3.63) is 22.7 Å². The Balaban J connectivity index is 4.98. The van der Waals surface area contributed by atoms with Gasteiger partial charge in [-0.3, -0.25) is 4.89 Å². The van der Waals surface area contributed by atoms with Gasteiger partial charge in [-0.2, -0.15) is 0 Å².